The number of hydrogen-bond donors (Lipinski definition) is 2. The average Bonchev–Trinajstić information content (AvgIpc) is 3.35. The van der Waals surface area contributed by atoms with Crippen LogP contribution in [0.1, 0.15) is 21.0 Å². The van der Waals surface area contributed by atoms with Gasteiger partial charge in [-0.3, -0.25) is 9.69 Å². The number of hydrogen-bond acceptors (Lipinski definition) is 8. The summed E-state index contributed by atoms with van der Waals surface area (Å²) in [4.78, 5) is 27.4. The number of carbonyl (C=O) groups excluding carboxylic acids is 1. The Balaban J connectivity index is 1.54. The van der Waals surface area contributed by atoms with Crippen molar-refractivity contribution < 1.29 is 14.3 Å². The van der Waals surface area contributed by atoms with E-state index in [1.54, 1.807) is 6.26 Å². The van der Waals surface area contributed by atoms with Crippen LogP contribution in [0.2, 0.25) is 0 Å². The van der Waals surface area contributed by atoms with Crippen LogP contribution in [0.3, 0.4) is 0 Å². The smallest absolute Gasteiger partial charge is 0.264 e. The summed E-state index contributed by atoms with van der Waals surface area (Å²) in [5.74, 6) is 1.57. The van der Waals surface area contributed by atoms with Gasteiger partial charge in [0.05, 0.1) is 29.7 Å². The van der Waals surface area contributed by atoms with Gasteiger partial charge in [0.1, 0.15) is 22.7 Å². The fourth-order valence-corrected chi connectivity index (χ4v) is 4.57. The predicted octanol–water partition coefficient (Wildman–Crippen LogP) is 1.95. The Labute approximate surface area is 166 Å². The molecule has 1 saturated heterocycles. The molecule has 0 atom stereocenters. The molecule has 1 amide bonds. The molecular weight excluding hydrogens is 378 g/mol. The van der Waals surface area contributed by atoms with Crippen molar-refractivity contribution in [1.29, 1.82) is 0 Å². The number of β-amino-alcohol motifs (C(OH)–C–C–N with tert-alkyl or cyclic N) is 1. The first-order valence-electron chi connectivity index (χ1n) is 9.30. The highest BCUT2D eigenvalue weighted by atomic mass is 32.1. The van der Waals surface area contributed by atoms with Crippen LogP contribution >= 0.6 is 11.3 Å². The molecule has 3 aromatic rings. The molecule has 0 aliphatic carbocycles. The number of thiophene rings is 1. The second kappa shape index (κ2) is 8.26. The summed E-state index contributed by atoms with van der Waals surface area (Å²) in [6, 6.07) is 3.75. The quantitative estimate of drug-likeness (QED) is 0.652. The van der Waals surface area contributed by atoms with Crippen LogP contribution in [0.15, 0.2) is 29.1 Å². The predicted molar refractivity (Wildman–Crippen MR) is 108 cm³/mol. The van der Waals surface area contributed by atoms with Crippen molar-refractivity contribution in [2.75, 3.05) is 44.6 Å². The summed E-state index contributed by atoms with van der Waals surface area (Å²) in [5.41, 5.74) is 0.908. The molecule has 0 saturated carbocycles. The number of carbonyl (C=O) groups is 1. The van der Waals surface area contributed by atoms with Gasteiger partial charge < -0.3 is 19.7 Å². The fourth-order valence-electron chi connectivity index (χ4n) is 3.45. The van der Waals surface area contributed by atoms with Gasteiger partial charge in [-0.15, -0.1) is 11.3 Å². The molecule has 1 aliphatic heterocycles. The Bertz CT molecular complexity index is 948. The molecule has 9 heteroatoms. The van der Waals surface area contributed by atoms with Crippen molar-refractivity contribution in [3.63, 3.8) is 0 Å². The molecule has 8 nitrogen and oxygen atoms in total. The van der Waals surface area contributed by atoms with Crippen molar-refractivity contribution in [2.24, 2.45) is 0 Å². The minimum absolute atomic E-state index is 0.0427. The molecule has 4 heterocycles. The molecule has 2 N–H and O–H groups in total. The standard InChI is InChI=1S/C19H23N5O3S/c1-13-15-17(20-11-14-3-2-10-27-14)21-12-22-18(15)28-16(13)19(26)24-6-4-23(5-7-24)8-9-25/h2-3,10,12,25H,4-9,11H2,1H3,(H,20,21,22). The number of furan rings is 1. The van der Waals surface area contributed by atoms with E-state index in [9.17, 15) is 4.79 Å². The van der Waals surface area contributed by atoms with Gasteiger partial charge in [-0.2, -0.15) is 0 Å². The number of nitrogens with one attached hydrogen (secondary N) is 1. The molecule has 4 rings (SSSR count). The number of aliphatic hydroxyl groups excluding tert-OH is 1. The average molecular weight is 401 g/mol. The van der Waals surface area contributed by atoms with E-state index < -0.39 is 0 Å². The van der Waals surface area contributed by atoms with E-state index in [2.05, 4.69) is 20.2 Å². The molecule has 1 fully saturated rings. The highest BCUT2D eigenvalue weighted by molar-refractivity contribution is 7.20. The lowest BCUT2D eigenvalue weighted by molar-refractivity contribution is 0.0619. The van der Waals surface area contributed by atoms with Crippen LogP contribution in [0.5, 0.6) is 0 Å². The lowest BCUT2D eigenvalue weighted by Crippen LogP contribution is -2.49. The topological polar surface area (TPSA) is 94.7 Å². The van der Waals surface area contributed by atoms with Crippen molar-refractivity contribution in [3.05, 3.63) is 40.9 Å². The Morgan fingerprint density at radius 1 is 1.32 bits per heavy atom. The number of fused-ring (bicyclic) bond motifs is 1. The van der Waals surface area contributed by atoms with Crippen LogP contribution in [0.25, 0.3) is 10.2 Å². The highest BCUT2D eigenvalue weighted by Gasteiger charge is 2.26. The van der Waals surface area contributed by atoms with E-state index in [1.165, 1.54) is 17.7 Å². The molecule has 148 valence electrons. The monoisotopic (exact) mass is 401 g/mol. The minimum atomic E-state index is 0.0427. The molecule has 0 aromatic carbocycles. The number of aryl methyl sites for hydroxylation is 1. The van der Waals surface area contributed by atoms with E-state index in [0.717, 1.165) is 34.6 Å². The number of amides is 1. The second-order valence-corrected chi connectivity index (χ2v) is 7.75. The van der Waals surface area contributed by atoms with Crippen molar-refractivity contribution in [3.8, 4) is 0 Å². The van der Waals surface area contributed by atoms with Crippen molar-refractivity contribution >= 4 is 33.3 Å². The number of anilines is 1. The fraction of sp³-hybridized carbons (Fsp3) is 0.421. The lowest BCUT2D eigenvalue weighted by atomic mass is 10.1. The van der Waals surface area contributed by atoms with Crippen molar-refractivity contribution in [2.45, 2.75) is 13.5 Å². The Morgan fingerprint density at radius 2 is 2.14 bits per heavy atom. The van der Waals surface area contributed by atoms with E-state index in [0.29, 0.717) is 36.9 Å². The van der Waals surface area contributed by atoms with E-state index in [-0.39, 0.29) is 12.5 Å². The number of aliphatic hydroxyl groups is 1. The van der Waals surface area contributed by atoms with Crippen LogP contribution < -0.4 is 5.32 Å². The lowest BCUT2D eigenvalue weighted by Gasteiger charge is -2.34. The summed E-state index contributed by atoms with van der Waals surface area (Å²) >= 11 is 1.41. The highest BCUT2D eigenvalue weighted by Crippen LogP contribution is 2.34. The molecule has 0 radical (unpaired) electrons. The molecule has 28 heavy (non-hydrogen) atoms. The normalized spacial score (nSPS) is 15.3. The Kier molecular flexibility index (Phi) is 5.56. The second-order valence-electron chi connectivity index (χ2n) is 6.75. The summed E-state index contributed by atoms with van der Waals surface area (Å²) in [7, 11) is 0. The summed E-state index contributed by atoms with van der Waals surface area (Å²) in [6.07, 6.45) is 3.16. The first kappa shape index (κ1) is 18.9. The zero-order chi connectivity index (χ0) is 19.5. The van der Waals surface area contributed by atoms with Gasteiger partial charge in [0.25, 0.3) is 5.91 Å². The molecule has 0 bridgehead atoms. The maximum atomic E-state index is 13.1. The number of aromatic nitrogens is 2. The molecule has 0 unspecified atom stereocenters. The summed E-state index contributed by atoms with van der Waals surface area (Å²) in [6.45, 7) is 6.18. The third-order valence-corrected chi connectivity index (χ3v) is 6.19. The van der Waals surface area contributed by atoms with Gasteiger partial charge in [-0.05, 0) is 24.6 Å². The van der Waals surface area contributed by atoms with Crippen LogP contribution in [-0.4, -0.2) is 70.1 Å². The van der Waals surface area contributed by atoms with Gasteiger partial charge in [-0.25, -0.2) is 9.97 Å². The minimum Gasteiger partial charge on any atom is -0.467 e. The van der Waals surface area contributed by atoms with Crippen LogP contribution in [-0.2, 0) is 6.54 Å². The Hall–Kier alpha value is -2.49. The van der Waals surface area contributed by atoms with Crippen molar-refractivity contribution in [1.82, 2.24) is 19.8 Å². The van der Waals surface area contributed by atoms with Gasteiger partial charge in [0.2, 0.25) is 0 Å². The molecule has 1 aliphatic rings. The summed E-state index contributed by atoms with van der Waals surface area (Å²) in [5, 5.41) is 13.3. The maximum Gasteiger partial charge on any atom is 0.264 e. The van der Waals surface area contributed by atoms with Gasteiger partial charge >= 0.3 is 0 Å². The zero-order valence-corrected chi connectivity index (χ0v) is 16.5. The van der Waals surface area contributed by atoms with E-state index >= 15 is 0 Å². The zero-order valence-electron chi connectivity index (χ0n) is 15.7. The van der Waals surface area contributed by atoms with Crippen LogP contribution in [0.4, 0.5) is 5.82 Å². The first-order valence-corrected chi connectivity index (χ1v) is 10.1. The van der Waals surface area contributed by atoms with Gasteiger partial charge in [0, 0.05) is 32.7 Å². The molecule has 0 spiro atoms. The third kappa shape index (κ3) is 3.73. The molecular formula is C19H23N5O3S. The largest absolute Gasteiger partial charge is 0.467 e. The Morgan fingerprint density at radius 3 is 2.86 bits per heavy atom. The number of piperazine rings is 1. The maximum absolute atomic E-state index is 13.1. The summed E-state index contributed by atoms with van der Waals surface area (Å²) < 4.78 is 5.36. The number of nitrogens with zero attached hydrogens (tertiary/aromatic N) is 4. The number of rotatable bonds is 6. The van der Waals surface area contributed by atoms with Gasteiger partial charge in [-0.1, -0.05) is 0 Å². The molecule has 3 aromatic heterocycles. The van der Waals surface area contributed by atoms with Gasteiger partial charge in [0.15, 0.2) is 0 Å². The SMILES string of the molecule is Cc1c(C(=O)N2CCN(CCO)CC2)sc2ncnc(NCc3ccco3)c12. The van der Waals surface area contributed by atoms with Crippen LogP contribution in [0, 0.1) is 6.92 Å². The third-order valence-electron chi connectivity index (χ3n) is 5.01. The van der Waals surface area contributed by atoms with E-state index in [4.69, 9.17) is 9.52 Å². The first-order chi connectivity index (χ1) is 13.7. The van der Waals surface area contributed by atoms with E-state index in [1.807, 2.05) is 24.0 Å².